The van der Waals surface area contributed by atoms with Crippen LogP contribution in [0.2, 0.25) is 0 Å². The second-order valence-corrected chi connectivity index (χ2v) is 7.19. The Kier molecular flexibility index (Phi) is 7.54. The number of halogens is 1. The molecule has 1 N–H and O–H groups in total. The summed E-state index contributed by atoms with van der Waals surface area (Å²) in [5.41, 5.74) is 1.88. The molecule has 3 rings (SSSR count). The molecule has 0 aromatic heterocycles. The van der Waals surface area contributed by atoms with E-state index in [4.69, 9.17) is 9.47 Å². The van der Waals surface area contributed by atoms with E-state index in [0.717, 1.165) is 0 Å². The molecule has 2 aromatic rings. The molecule has 0 unspecified atom stereocenters. The molecule has 160 valence electrons. The second kappa shape index (κ2) is 10.3. The normalized spacial score (nSPS) is 18.2. The van der Waals surface area contributed by atoms with E-state index in [2.05, 4.69) is 5.32 Å². The van der Waals surface area contributed by atoms with E-state index >= 15 is 0 Å². The lowest BCUT2D eigenvalue weighted by molar-refractivity contribution is -0.124. The maximum Gasteiger partial charge on any atom is 0.254 e. The number of methoxy groups -OCH3 is 2. The molecule has 0 spiro atoms. The zero-order valence-electron chi connectivity index (χ0n) is 17.3. The summed E-state index contributed by atoms with van der Waals surface area (Å²) < 4.78 is 23.8. The van der Waals surface area contributed by atoms with Crippen molar-refractivity contribution in [3.8, 4) is 0 Å². The molecule has 6 nitrogen and oxygen atoms in total. The number of carbonyl (C=O) groups excluding carboxylic acids is 2. The summed E-state index contributed by atoms with van der Waals surface area (Å²) >= 11 is 0. The van der Waals surface area contributed by atoms with Crippen LogP contribution in [0.1, 0.15) is 39.9 Å². The molecule has 0 fully saturated rings. The van der Waals surface area contributed by atoms with E-state index in [1.165, 1.54) is 12.1 Å². The minimum atomic E-state index is -0.622. The lowest BCUT2D eigenvalue weighted by Crippen LogP contribution is -2.48. The van der Waals surface area contributed by atoms with Crippen molar-refractivity contribution in [2.75, 3.05) is 40.5 Å². The topological polar surface area (TPSA) is 67.9 Å². The number of nitrogens with zero attached hydrogens (tertiary/aromatic N) is 1. The fourth-order valence-corrected chi connectivity index (χ4v) is 3.88. The van der Waals surface area contributed by atoms with Crippen molar-refractivity contribution in [1.29, 1.82) is 0 Å². The number of nitrogens with one attached hydrogen (secondary N) is 1. The highest BCUT2D eigenvalue weighted by atomic mass is 19.1. The molecule has 0 bridgehead atoms. The number of hydrogen-bond acceptors (Lipinski definition) is 4. The van der Waals surface area contributed by atoms with Crippen LogP contribution >= 0.6 is 0 Å². The third-order valence-electron chi connectivity index (χ3n) is 5.29. The molecule has 0 saturated heterocycles. The van der Waals surface area contributed by atoms with Gasteiger partial charge >= 0.3 is 0 Å². The van der Waals surface area contributed by atoms with Crippen LogP contribution in [0.25, 0.3) is 0 Å². The van der Waals surface area contributed by atoms with Crippen LogP contribution in [0.15, 0.2) is 48.5 Å². The van der Waals surface area contributed by atoms with Crippen LogP contribution in [-0.4, -0.2) is 57.2 Å². The van der Waals surface area contributed by atoms with Crippen molar-refractivity contribution in [3.63, 3.8) is 0 Å². The average molecular weight is 414 g/mol. The van der Waals surface area contributed by atoms with Crippen molar-refractivity contribution >= 4 is 11.8 Å². The molecule has 2 aromatic carbocycles. The van der Waals surface area contributed by atoms with Crippen molar-refractivity contribution in [2.45, 2.75) is 18.4 Å². The van der Waals surface area contributed by atoms with Crippen LogP contribution < -0.4 is 5.32 Å². The van der Waals surface area contributed by atoms with Gasteiger partial charge in [0.2, 0.25) is 5.91 Å². The molecule has 30 heavy (non-hydrogen) atoms. The van der Waals surface area contributed by atoms with Crippen molar-refractivity contribution in [1.82, 2.24) is 10.2 Å². The molecule has 1 aliphatic heterocycles. The molecule has 2 amide bonds. The first kappa shape index (κ1) is 21.9. The minimum absolute atomic E-state index is 0.166. The first-order valence-electron chi connectivity index (χ1n) is 9.99. The van der Waals surface area contributed by atoms with E-state index in [9.17, 15) is 14.0 Å². The third-order valence-corrected chi connectivity index (χ3v) is 5.29. The van der Waals surface area contributed by atoms with Gasteiger partial charge < -0.3 is 19.7 Å². The minimum Gasteiger partial charge on any atom is -0.385 e. The van der Waals surface area contributed by atoms with Gasteiger partial charge in [0.1, 0.15) is 5.82 Å². The van der Waals surface area contributed by atoms with E-state index in [0.29, 0.717) is 49.4 Å². The van der Waals surface area contributed by atoms with Gasteiger partial charge in [-0.1, -0.05) is 30.3 Å². The number of fused-ring (bicyclic) bond motifs is 1. The van der Waals surface area contributed by atoms with Crippen molar-refractivity contribution < 1.29 is 23.5 Å². The summed E-state index contributed by atoms with van der Waals surface area (Å²) in [7, 11) is 3.18. The Balaban J connectivity index is 2.04. The molecule has 2 atom stereocenters. The molecular formula is C23H27FN2O4. The van der Waals surface area contributed by atoms with Gasteiger partial charge in [0.15, 0.2) is 0 Å². The standard InChI is InChI=1S/C23H27FN2O4/c1-29-14-5-12-25-22(27)20-18-6-3-4-7-19(18)23(28)26(13-15-30-2)21(20)16-8-10-17(24)11-9-16/h3-4,6-11,20-21H,5,12-15H2,1-2H3,(H,25,27)/t20-,21-/m1/s1. The quantitative estimate of drug-likeness (QED) is 0.641. The summed E-state index contributed by atoms with van der Waals surface area (Å²) in [6.07, 6.45) is 0.685. The molecule has 7 heteroatoms. The summed E-state index contributed by atoms with van der Waals surface area (Å²) in [6.45, 7) is 1.65. The number of ether oxygens (including phenoxy) is 2. The fraction of sp³-hybridized carbons (Fsp3) is 0.391. The fourth-order valence-electron chi connectivity index (χ4n) is 3.88. The highest BCUT2D eigenvalue weighted by Gasteiger charge is 2.43. The van der Waals surface area contributed by atoms with Gasteiger partial charge in [0, 0.05) is 39.5 Å². The Bertz CT molecular complexity index is 872. The molecule has 0 saturated carbocycles. The molecule has 1 aliphatic rings. The Morgan fingerprint density at radius 3 is 2.47 bits per heavy atom. The van der Waals surface area contributed by atoms with Gasteiger partial charge in [-0.05, 0) is 35.7 Å². The van der Waals surface area contributed by atoms with Crippen LogP contribution in [0.3, 0.4) is 0 Å². The molecular weight excluding hydrogens is 387 g/mol. The van der Waals surface area contributed by atoms with Gasteiger partial charge in [-0.15, -0.1) is 0 Å². The van der Waals surface area contributed by atoms with Gasteiger partial charge in [-0.2, -0.15) is 0 Å². The highest BCUT2D eigenvalue weighted by Crippen LogP contribution is 2.42. The second-order valence-electron chi connectivity index (χ2n) is 7.19. The van der Waals surface area contributed by atoms with Gasteiger partial charge in [0.05, 0.1) is 18.6 Å². The Hall–Kier alpha value is -2.77. The zero-order valence-corrected chi connectivity index (χ0v) is 17.3. The van der Waals surface area contributed by atoms with Crippen molar-refractivity contribution in [2.24, 2.45) is 0 Å². The van der Waals surface area contributed by atoms with Gasteiger partial charge in [0.25, 0.3) is 5.91 Å². The van der Waals surface area contributed by atoms with E-state index in [1.54, 1.807) is 43.4 Å². The maximum atomic E-state index is 13.6. The van der Waals surface area contributed by atoms with Crippen LogP contribution in [0.5, 0.6) is 0 Å². The first-order valence-corrected chi connectivity index (χ1v) is 9.99. The summed E-state index contributed by atoms with van der Waals surface area (Å²) in [6, 6.07) is 12.6. The monoisotopic (exact) mass is 414 g/mol. The molecule has 1 heterocycles. The van der Waals surface area contributed by atoms with Crippen molar-refractivity contribution in [3.05, 3.63) is 71.0 Å². The van der Waals surface area contributed by atoms with Gasteiger partial charge in [-0.25, -0.2) is 4.39 Å². The van der Waals surface area contributed by atoms with E-state index < -0.39 is 12.0 Å². The average Bonchev–Trinajstić information content (AvgIpc) is 2.76. The number of hydrogen-bond donors (Lipinski definition) is 1. The predicted molar refractivity (Wildman–Crippen MR) is 111 cm³/mol. The number of benzene rings is 2. The van der Waals surface area contributed by atoms with Crippen LogP contribution in [-0.2, 0) is 14.3 Å². The SMILES string of the molecule is COCCCNC(=O)[C@@H]1c2ccccc2C(=O)N(CCOC)[C@@H]1c1ccc(F)cc1. The molecule has 0 aliphatic carbocycles. The smallest absolute Gasteiger partial charge is 0.254 e. The largest absolute Gasteiger partial charge is 0.385 e. The summed E-state index contributed by atoms with van der Waals surface area (Å²) in [4.78, 5) is 28.2. The Morgan fingerprint density at radius 1 is 1.07 bits per heavy atom. The predicted octanol–water partition coefficient (Wildman–Crippen LogP) is 2.91. The van der Waals surface area contributed by atoms with Crippen LogP contribution in [0, 0.1) is 5.82 Å². The lowest BCUT2D eigenvalue weighted by atomic mass is 9.79. The first-order chi connectivity index (χ1) is 14.6. The summed E-state index contributed by atoms with van der Waals surface area (Å²) in [5.74, 6) is -1.34. The molecule has 0 radical (unpaired) electrons. The maximum absolute atomic E-state index is 13.6. The Labute approximate surface area is 176 Å². The summed E-state index contributed by atoms with van der Waals surface area (Å²) in [5, 5.41) is 2.97. The van der Waals surface area contributed by atoms with Gasteiger partial charge in [-0.3, -0.25) is 9.59 Å². The highest BCUT2D eigenvalue weighted by molar-refractivity contribution is 6.01. The Morgan fingerprint density at radius 2 is 1.77 bits per heavy atom. The van der Waals surface area contributed by atoms with E-state index in [-0.39, 0.29) is 17.6 Å². The third kappa shape index (κ3) is 4.68. The lowest BCUT2D eigenvalue weighted by Gasteiger charge is -2.41. The van der Waals surface area contributed by atoms with E-state index in [1.807, 2.05) is 12.1 Å². The number of carbonyl (C=O) groups is 2. The van der Waals surface area contributed by atoms with Crippen LogP contribution in [0.4, 0.5) is 4.39 Å². The zero-order chi connectivity index (χ0) is 21.5. The number of amides is 2. The number of rotatable bonds is 9.